The minimum atomic E-state index is 0.192. The zero-order valence-corrected chi connectivity index (χ0v) is 16.5. The Morgan fingerprint density at radius 2 is 2.00 bits per heavy atom. The van der Waals surface area contributed by atoms with Gasteiger partial charge >= 0.3 is 0 Å². The molecule has 138 valence electrons. The number of nitrogens with one attached hydrogen (secondary N) is 2. The average molecular weight is 363 g/mol. The van der Waals surface area contributed by atoms with Gasteiger partial charge in [0, 0.05) is 20.1 Å². The number of furan rings is 1. The molecule has 0 saturated carbocycles. The van der Waals surface area contributed by atoms with Gasteiger partial charge in [0.05, 0.1) is 12.3 Å². The lowest BCUT2D eigenvalue weighted by molar-refractivity contribution is 0.193. The SMILES string of the molecule is CCN(CC)C(CNC(=NC)NCC(C)c1ccsc1)c1ccco1. The molecule has 0 saturated heterocycles. The topological polar surface area (TPSA) is 52.8 Å². The quantitative estimate of drug-likeness (QED) is 0.528. The molecule has 0 bridgehead atoms. The van der Waals surface area contributed by atoms with E-state index in [9.17, 15) is 0 Å². The summed E-state index contributed by atoms with van der Waals surface area (Å²) in [7, 11) is 1.81. The predicted molar refractivity (Wildman–Crippen MR) is 106 cm³/mol. The van der Waals surface area contributed by atoms with Crippen molar-refractivity contribution in [2.75, 3.05) is 33.2 Å². The molecule has 2 atom stereocenters. The highest BCUT2D eigenvalue weighted by molar-refractivity contribution is 7.07. The van der Waals surface area contributed by atoms with Crippen LogP contribution in [0.4, 0.5) is 0 Å². The molecule has 2 unspecified atom stereocenters. The van der Waals surface area contributed by atoms with Crippen LogP contribution in [-0.2, 0) is 0 Å². The molecule has 0 aliphatic heterocycles. The number of likely N-dealkylation sites (N-methyl/N-ethyl adjacent to an activating group) is 1. The molecular formula is C19H30N4OS. The van der Waals surface area contributed by atoms with E-state index in [-0.39, 0.29) is 6.04 Å². The molecule has 2 heterocycles. The molecule has 0 aromatic carbocycles. The third kappa shape index (κ3) is 5.61. The van der Waals surface area contributed by atoms with E-state index in [1.165, 1.54) is 5.56 Å². The first kappa shape index (κ1) is 19.5. The van der Waals surface area contributed by atoms with E-state index in [4.69, 9.17) is 4.42 Å². The van der Waals surface area contributed by atoms with Crippen molar-refractivity contribution in [2.45, 2.75) is 32.7 Å². The summed E-state index contributed by atoms with van der Waals surface area (Å²) in [4.78, 5) is 6.74. The van der Waals surface area contributed by atoms with Gasteiger partial charge in [0.25, 0.3) is 0 Å². The number of nitrogens with zero attached hydrogens (tertiary/aromatic N) is 2. The molecule has 2 rings (SSSR count). The summed E-state index contributed by atoms with van der Waals surface area (Å²) in [6.45, 7) is 10.1. The first-order valence-corrected chi connectivity index (χ1v) is 9.87. The summed E-state index contributed by atoms with van der Waals surface area (Å²) in [6, 6.07) is 6.36. The van der Waals surface area contributed by atoms with Crippen LogP contribution in [0.25, 0.3) is 0 Å². The molecule has 5 nitrogen and oxygen atoms in total. The third-order valence-electron chi connectivity index (χ3n) is 4.50. The number of thiophene rings is 1. The van der Waals surface area contributed by atoms with Crippen molar-refractivity contribution in [2.24, 2.45) is 4.99 Å². The van der Waals surface area contributed by atoms with Gasteiger partial charge in [-0.2, -0.15) is 11.3 Å². The fourth-order valence-corrected chi connectivity index (χ4v) is 3.67. The van der Waals surface area contributed by atoms with Gasteiger partial charge in [-0.1, -0.05) is 20.8 Å². The van der Waals surface area contributed by atoms with E-state index in [1.807, 2.05) is 19.2 Å². The summed E-state index contributed by atoms with van der Waals surface area (Å²) in [5.41, 5.74) is 1.37. The van der Waals surface area contributed by atoms with Gasteiger partial charge in [-0.3, -0.25) is 9.89 Å². The van der Waals surface area contributed by atoms with E-state index in [1.54, 1.807) is 17.6 Å². The van der Waals surface area contributed by atoms with Crippen molar-refractivity contribution in [3.05, 3.63) is 46.5 Å². The predicted octanol–water partition coefficient (Wildman–Crippen LogP) is 3.69. The fourth-order valence-electron chi connectivity index (χ4n) is 2.89. The summed E-state index contributed by atoms with van der Waals surface area (Å²) < 4.78 is 5.65. The van der Waals surface area contributed by atoms with Gasteiger partial charge < -0.3 is 15.1 Å². The molecule has 0 spiro atoms. The molecule has 2 N–H and O–H groups in total. The average Bonchev–Trinajstić information content (AvgIpc) is 3.34. The van der Waals surface area contributed by atoms with Crippen LogP contribution in [0.2, 0.25) is 0 Å². The van der Waals surface area contributed by atoms with Crippen LogP contribution in [0.15, 0.2) is 44.6 Å². The molecule has 0 aliphatic carbocycles. The van der Waals surface area contributed by atoms with Gasteiger partial charge in [-0.15, -0.1) is 0 Å². The lowest BCUT2D eigenvalue weighted by Crippen LogP contribution is -2.44. The summed E-state index contributed by atoms with van der Waals surface area (Å²) in [5, 5.41) is 11.2. The molecular weight excluding hydrogens is 332 g/mol. The van der Waals surface area contributed by atoms with Crippen LogP contribution >= 0.6 is 11.3 Å². The first-order chi connectivity index (χ1) is 12.2. The Morgan fingerprint density at radius 1 is 1.24 bits per heavy atom. The lowest BCUT2D eigenvalue weighted by atomic mass is 10.1. The Kier molecular flexibility index (Phi) is 8.01. The largest absolute Gasteiger partial charge is 0.468 e. The molecule has 6 heteroatoms. The van der Waals surface area contributed by atoms with Crippen molar-refractivity contribution in [3.63, 3.8) is 0 Å². The van der Waals surface area contributed by atoms with Gasteiger partial charge in [-0.25, -0.2) is 0 Å². The van der Waals surface area contributed by atoms with Crippen LogP contribution < -0.4 is 10.6 Å². The number of hydrogen-bond donors (Lipinski definition) is 2. The molecule has 0 fully saturated rings. The van der Waals surface area contributed by atoms with Gasteiger partial charge in [0.15, 0.2) is 5.96 Å². The smallest absolute Gasteiger partial charge is 0.191 e. The van der Waals surface area contributed by atoms with Crippen molar-refractivity contribution < 1.29 is 4.42 Å². The number of hydrogen-bond acceptors (Lipinski definition) is 4. The molecule has 25 heavy (non-hydrogen) atoms. The van der Waals surface area contributed by atoms with Crippen molar-refractivity contribution in [3.8, 4) is 0 Å². The van der Waals surface area contributed by atoms with Crippen LogP contribution in [-0.4, -0.2) is 44.1 Å². The lowest BCUT2D eigenvalue weighted by Gasteiger charge is -2.29. The maximum atomic E-state index is 5.65. The number of guanidine groups is 1. The second-order valence-corrected chi connectivity index (χ2v) is 6.82. The summed E-state index contributed by atoms with van der Waals surface area (Å²) in [5.74, 6) is 2.26. The minimum Gasteiger partial charge on any atom is -0.468 e. The second-order valence-electron chi connectivity index (χ2n) is 6.04. The van der Waals surface area contributed by atoms with E-state index < -0.39 is 0 Å². The van der Waals surface area contributed by atoms with Crippen LogP contribution in [0.1, 0.15) is 44.1 Å². The summed E-state index contributed by atoms with van der Waals surface area (Å²) >= 11 is 1.74. The standard InChI is InChI=1S/C19H30N4OS/c1-5-23(6-2)17(18-8-7-10-24-18)13-22-19(20-4)21-12-15(3)16-9-11-25-14-16/h7-11,14-15,17H,5-6,12-13H2,1-4H3,(H2,20,21,22). The van der Waals surface area contributed by atoms with Crippen molar-refractivity contribution in [1.82, 2.24) is 15.5 Å². The molecule has 2 aromatic heterocycles. The third-order valence-corrected chi connectivity index (χ3v) is 5.20. The van der Waals surface area contributed by atoms with Crippen molar-refractivity contribution >= 4 is 17.3 Å². The van der Waals surface area contributed by atoms with E-state index in [0.29, 0.717) is 5.92 Å². The minimum absolute atomic E-state index is 0.192. The highest BCUT2D eigenvalue weighted by atomic mass is 32.1. The zero-order chi connectivity index (χ0) is 18.1. The normalized spacial score (nSPS) is 14.5. The Morgan fingerprint density at radius 3 is 2.56 bits per heavy atom. The van der Waals surface area contributed by atoms with Gasteiger partial charge in [0.2, 0.25) is 0 Å². The number of rotatable bonds is 9. The highest BCUT2D eigenvalue weighted by Gasteiger charge is 2.20. The Balaban J connectivity index is 1.91. The number of aliphatic imine (C=N–C) groups is 1. The van der Waals surface area contributed by atoms with Crippen LogP contribution in [0.5, 0.6) is 0 Å². The van der Waals surface area contributed by atoms with Gasteiger partial charge in [0.1, 0.15) is 5.76 Å². The molecule has 0 radical (unpaired) electrons. The maximum Gasteiger partial charge on any atom is 0.191 e. The molecule has 0 amide bonds. The maximum absolute atomic E-state index is 5.65. The Hall–Kier alpha value is -1.79. The highest BCUT2D eigenvalue weighted by Crippen LogP contribution is 2.20. The van der Waals surface area contributed by atoms with E-state index in [2.05, 4.69) is 58.1 Å². The molecule has 2 aromatic rings. The zero-order valence-electron chi connectivity index (χ0n) is 15.7. The van der Waals surface area contributed by atoms with Gasteiger partial charge in [-0.05, 0) is 53.5 Å². The van der Waals surface area contributed by atoms with E-state index >= 15 is 0 Å². The van der Waals surface area contributed by atoms with E-state index in [0.717, 1.165) is 37.9 Å². The van der Waals surface area contributed by atoms with Crippen LogP contribution in [0.3, 0.4) is 0 Å². The van der Waals surface area contributed by atoms with Crippen LogP contribution in [0, 0.1) is 0 Å². The Labute approximate surface area is 155 Å². The molecule has 0 aliphatic rings. The monoisotopic (exact) mass is 362 g/mol. The fraction of sp³-hybridized carbons (Fsp3) is 0.526. The van der Waals surface area contributed by atoms with Crippen molar-refractivity contribution in [1.29, 1.82) is 0 Å². The first-order valence-electron chi connectivity index (χ1n) is 8.93. The Bertz CT molecular complexity index is 605. The second kappa shape index (κ2) is 10.3. The summed E-state index contributed by atoms with van der Waals surface area (Å²) in [6.07, 6.45) is 1.74.